The van der Waals surface area contributed by atoms with Crippen molar-refractivity contribution in [1.29, 1.82) is 0 Å². The Kier molecular flexibility index (Phi) is 6.97. The van der Waals surface area contributed by atoms with Crippen molar-refractivity contribution >= 4 is 12.0 Å². The van der Waals surface area contributed by atoms with Gasteiger partial charge in [0.1, 0.15) is 6.10 Å². The summed E-state index contributed by atoms with van der Waals surface area (Å²) in [5.41, 5.74) is 1.98. The highest BCUT2D eigenvalue weighted by atomic mass is 16.5. The molecule has 1 aliphatic rings. The average Bonchev–Trinajstić information content (AvgIpc) is 3.15. The van der Waals surface area contributed by atoms with Crippen molar-refractivity contribution in [2.24, 2.45) is 0 Å². The first-order chi connectivity index (χ1) is 13.6. The fourth-order valence-corrected chi connectivity index (χ4v) is 3.43. The summed E-state index contributed by atoms with van der Waals surface area (Å²) in [4.78, 5) is 27.7. The van der Waals surface area contributed by atoms with E-state index in [9.17, 15) is 9.59 Å². The highest BCUT2D eigenvalue weighted by molar-refractivity contribution is 5.75. The Morgan fingerprint density at radius 2 is 2.04 bits per heavy atom. The van der Waals surface area contributed by atoms with E-state index >= 15 is 0 Å². The van der Waals surface area contributed by atoms with Gasteiger partial charge in [0, 0.05) is 37.0 Å². The minimum Gasteiger partial charge on any atom is -0.481 e. The Labute approximate surface area is 164 Å². The molecule has 0 radical (unpaired) electrons. The van der Waals surface area contributed by atoms with Gasteiger partial charge in [-0.1, -0.05) is 36.4 Å². The van der Waals surface area contributed by atoms with E-state index in [0.717, 1.165) is 11.1 Å². The SMILES string of the molecule is O=C(O)CCC(Cc1ccccc1)NC(=O)N[C@H]1CCO[C@@H]1c1cccnc1. The number of hydrogen-bond donors (Lipinski definition) is 3. The zero-order chi connectivity index (χ0) is 19.8. The molecular weight excluding hydrogens is 358 g/mol. The molecule has 1 fully saturated rings. The monoisotopic (exact) mass is 383 g/mol. The standard InChI is InChI=1S/C21H25N3O4/c25-19(26)9-8-17(13-15-5-2-1-3-6-15)23-21(27)24-18-10-12-28-20(18)16-7-4-11-22-14-16/h1-7,11,14,17-18,20H,8-10,12-13H2,(H,25,26)(H2,23,24,27)/t17?,18-,20+/m0/s1. The second kappa shape index (κ2) is 9.85. The molecular formula is C21H25N3O4. The fraction of sp³-hybridized carbons (Fsp3) is 0.381. The van der Waals surface area contributed by atoms with Crippen LogP contribution < -0.4 is 10.6 Å². The van der Waals surface area contributed by atoms with Crippen molar-refractivity contribution in [3.05, 3.63) is 66.0 Å². The lowest BCUT2D eigenvalue weighted by Crippen LogP contribution is -2.47. The van der Waals surface area contributed by atoms with Crippen LogP contribution in [0, 0.1) is 0 Å². The molecule has 2 aromatic rings. The Bertz CT molecular complexity index is 770. The van der Waals surface area contributed by atoms with Gasteiger partial charge in [-0.2, -0.15) is 0 Å². The Morgan fingerprint density at radius 1 is 1.21 bits per heavy atom. The summed E-state index contributed by atoms with van der Waals surface area (Å²) in [5, 5.41) is 14.9. The molecule has 1 unspecified atom stereocenters. The molecule has 2 heterocycles. The fourth-order valence-electron chi connectivity index (χ4n) is 3.43. The zero-order valence-electron chi connectivity index (χ0n) is 15.6. The van der Waals surface area contributed by atoms with E-state index in [4.69, 9.17) is 9.84 Å². The van der Waals surface area contributed by atoms with Crippen LogP contribution in [-0.4, -0.2) is 40.8 Å². The number of aliphatic carboxylic acids is 1. The predicted octanol–water partition coefficient (Wildman–Crippen LogP) is 2.69. The summed E-state index contributed by atoms with van der Waals surface area (Å²) >= 11 is 0. The molecule has 7 heteroatoms. The molecule has 28 heavy (non-hydrogen) atoms. The zero-order valence-corrected chi connectivity index (χ0v) is 15.6. The quantitative estimate of drug-likeness (QED) is 0.651. The van der Waals surface area contributed by atoms with Crippen molar-refractivity contribution in [2.45, 2.75) is 43.9 Å². The first kappa shape index (κ1) is 19.8. The molecule has 1 aromatic carbocycles. The number of urea groups is 1. The number of carbonyl (C=O) groups is 2. The number of amides is 2. The van der Waals surface area contributed by atoms with Crippen molar-refractivity contribution < 1.29 is 19.4 Å². The maximum Gasteiger partial charge on any atom is 0.315 e. The van der Waals surface area contributed by atoms with Crippen LogP contribution in [0.2, 0.25) is 0 Å². The predicted molar refractivity (Wildman–Crippen MR) is 104 cm³/mol. The second-order valence-corrected chi connectivity index (χ2v) is 6.91. The van der Waals surface area contributed by atoms with Gasteiger partial charge in [0.25, 0.3) is 0 Å². The summed E-state index contributed by atoms with van der Waals surface area (Å²) in [7, 11) is 0. The summed E-state index contributed by atoms with van der Waals surface area (Å²) in [6.45, 7) is 0.566. The van der Waals surface area contributed by atoms with Crippen molar-refractivity contribution in [3.8, 4) is 0 Å². The number of carboxylic acid groups (broad SMARTS) is 1. The average molecular weight is 383 g/mol. The number of aromatic nitrogens is 1. The number of benzene rings is 1. The van der Waals surface area contributed by atoms with Gasteiger partial charge < -0.3 is 20.5 Å². The summed E-state index contributed by atoms with van der Waals surface area (Å²) in [6.07, 6.45) is 4.87. The molecule has 0 spiro atoms. The molecule has 148 valence electrons. The number of hydrogen-bond acceptors (Lipinski definition) is 4. The van der Waals surface area contributed by atoms with Gasteiger partial charge in [0.15, 0.2) is 0 Å². The third-order valence-electron chi connectivity index (χ3n) is 4.79. The van der Waals surface area contributed by atoms with Crippen molar-refractivity contribution in [1.82, 2.24) is 15.6 Å². The molecule has 3 N–H and O–H groups in total. The van der Waals surface area contributed by atoms with Crippen LogP contribution in [0.5, 0.6) is 0 Å². The third kappa shape index (κ3) is 5.79. The van der Waals surface area contributed by atoms with Crippen LogP contribution in [0.1, 0.15) is 36.5 Å². The lowest BCUT2D eigenvalue weighted by Gasteiger charge is -2.23. The van der Waals surface area contributed by atoms with Gasteiger partial charge in [0.05, 0.1) is 6.04 Å². The van der Waals surface area contributed by atoms with Gasteiger partial charge in [0.2, 0.25) is 0 Å². The second-order valence-electron chi connectivity index (χ2n) is 6.91. The molecule has 7 nitrogen and oxygen atoms in total. The minimum absolute atomic E-state index is 0.00261. The largest absolute Gasteiger partial charge is 0.481 e. The third-order valence-corrected chi connectivity index (χ3v) is 4.79. The van der Waals surface area contributed by atoms with E-state index in [1.54, 1.807) is 12.4 Å². The normalized spacial score (nSPS) is 19.7. The van der Waals surface area contributed by atoms with Crippen molar-refractivity contribution in [2.75, 3.05) is 6.61 Å². The van der Waals surface area contributed by atoms with Crippen LogP contribution >= 0.6 is 0 Å². The Hall–Kier alpha value is -2.93. The van der Waals surface area contributed by atoms with Gasteiger partial charge in [-0.15, -0.1) is 0 Å². The number of rotatable bonds is 8. The molecule has 1 aliphatic heterocycles. The van der Waals surface area contributed by atoms with E-state index < -0.39 is 5.97 Å². The summed E-state index contributed by atoms with van der Waals surface area (Å²) in [5.74, 6) is -0.874. The maximum atomic E-state index is 12.6. The van der Waals surface area contributed by atoms with E-state index in [1.807, 2.05) is 42.5 Å². The van der Waals surface area contributed by atoms with Gasteiger partial charge in [-0.3, -0.25) is 9.78 Å². The summed E-state index contributed by atoms with van der Waals surface area (Å²) in [6, 6.07) is 12.8. The lowest BCUT2D eigenvalue weighted by atomic mass is 10.0. The number of ether oxygens (including phenoxy) is 1. The molecule has 0 aliphatic carbocycles. The van der Waals surface area contributed by atoms with E-state index in [1.165, 1.54) is 0 Å². The van der Waals surface area contributed by atoms with Crippen molar-refractivity contribution in [3.63, 3.8) is 0 Å². The Morgan fingerprint density at radius 3 is 2.75 bits per heavy atom. The van der Waals surface area contributed by atoms with Gasteiger partial charge in [-0.05, 0) is 30.9 Å². The molecule has 1 aromatic heterocycles. The smallest absolute Gasteiger partial charge is 0.315 e. The molecule has 3 atom stereocenters. The van der Waals surface area contributed by atoms with E-state index in [2.05, 4.69) is 15.6 Å². The molecule has 3 rings (SSSR count). The number of carboxylic acids is 1. The molecule has 0 saturated carbocycles. The molecule has 2 amide bonds. The van der Waals surface area contributed by atoms with E-state index in [-0.39, 0.29) is 30.6 Å². The summed E-state index contributed by atoms with van der Waals surface area (Å²) < 4.78 is 5.77. The topological polar surface area (TPSA) is 101 Å². The highest BCUT2D eigenvalue weighted by Gasteiger charge is 2.31. The van der Waals surface area contributed by atoms with E-state index in [0.29, 0.717) is 25.9 Å². The number of nitrogens with zero attached hydrogens (tertiary/aromatic N) is 1. The first-order valence-corrected chi connectivity index (χ1v) is 9.46. The number of nitrogens with one attached hydrogen (secondary N) is 2. The van der Waals surface area contributed by atoms with Crippen LogP contribution in [0.3, 0.4) is 0 Å². The highest BCUT2D eigenvalue weighted by Crippen LogP contribution is 2.28. The van der Waals surface area contributed by atoms with Crippen LogP contribution in [0.25, 0.3) is 0 Å². The Balaban J connectivity index is 1.60. The minimum atomic E-state index is -0.874. The van der Waals surface area contributed by atoms with Crippen LogP contribution in [0.4, 0.5) is 4.79 Å². The maximum absolute atomic E-state index is 12.6. The van der Waals surface area contributed by atoms with Crippen LogP contribution in [0.15, 0.2) is 54.9 Å². The molecule has 0 bridgehead atoms. The number of carbonyl (C=O) groups excluding carboxylic acids is 1. The van der Waals surface area contributed by atoms with Crippen LogP contribution in [-0.2, 0) is 16.0 Å². The lowest BCUT2D eigenvalue weighted by molar-refractivity contribution is -0.137. The number of pyridine rings is 1. The van der Waals surface area contributed by atoms with Gasteiger partial charge in [-0.25, -0.2) is 4.79 Å². The molecule has 1 saturated heterocycles. The van der Waals surface area contributed by atoms with Gasteiger partial charge >= 0.3 is 12.0 Å². The first-order valence-electron chi connectivity index (χ1n) is 9.46.